The number of thiocarbonyl (C=S) groups is 1. The number of benzene rings is 1. The standard InChI is InChI=1S/C19H31N3S/c1-4-17-6-8-18(9-7-17)21-19(23)20-10-5-11-22-13-15(2)12-16(3)14-22/h6-9,15-16H,4-5,10-14H2,1-3H3,(H2,20,21,23)/t15-,16+. The predicted molar refractivity (Wildman–Crippen MR) is 104 cm³/mol. The van der Waals surface area contributed by atoms with Crippen molar-refractivity contribution in [3.05, 3.63) is 29.8 Å². The van der Waals surface area contributed by atoms with Gasteiger partial charge in [0.25, 0.3) is 0 Å². The third-order valence-electron chi connectivity index (χ3n) is 4.50. The normalized spacial score (nSPS) is 21.9. The third-order valence-corrected chi connectivity index (χ3v) is 4.75. The molecular formula is C19H31N3S. The zero-order chi connectivity index (χ0) is 16.7. The molecular weight excluding hydrogens is 302 g/mol. The summed E-state index contributed by atoms with van der Waals surface area (Å²) in [6, 6.07) is 8.46. The summed E-state index contributed by atoms with van der Waals surface area (Å²) in [5, 5.41) is 7.29. The van der Waals surface area contributed by atoms with Crippen molar-refractivity contribution >= 4 is 23.0 Å². The van der Waals surface area contributed by atoms with Gasteiger partial charge >= 0.3 is 0 Å². The van der Waals surface area contributed by atoms with E-state index in [2.05, 4.69) is 60.6 Å². The number of hydrogen-bond donors (Lipinski definition) is 2. The maximum Gasteiger partial charge on any atom is 0.170 e. The zero-order valence-electron chi connectivity index (χ0n) is 14.8. The van der Waals surface area contributed by atoms with Gasteiger partial charge in [-0.05, 0) is 67.6 Å². The lowest BCUT2D eigenvalue weighted by Gasteiger charge is -2.34. The van der Waals surface area contributed by atoms with Crippen molar-refractivity contribution in [2.45, 2.75) is 40.0 Å². The molecule has 1 saturated heterocycles. The quantitative estimate of drug-likeness (QED) is 0.610. The van der Waals surface area contributed by atoms with Crippen molar-refractivity contribution in [1.29, 1.82) is 0 Å². The lowest BCUT2D eigenvalue weighted by molar-refractivity contribution is 0.140. The van der Waals surface area contributed by atoms with E-state index in [1.54, 1.807) is 0 Å². The molecule has 1 heterocycles. The summed E-state index contributed by atoms with van der Waals surface area (Å²) in [6.07, 6.45) is 3.58. The van der Waals surface area contributed by atoms with Gasteiger partial charge in [-0.15, -0.1) is 0 Å². The minimum atomic E-state index is 0.717. The number of anilines is 1. The largest absolute Gasteiger partial charge is 0.362 e. The summed E-state index contributed by atoms with van der Waals surface area (Å²) in [4.78, 5) is 2.60. The topological polar surface area (TPSA) is 27.3 Å². The van der Waals surface area contributed by atoms with Crippen molar-refractivity contribution in [3.8, 4) is 0 Å². The maximum absolute atomic E-state index is 5.37. The molecule has 0 aromatic heterocycles. The van der Waals surface area contributed by atoms with Crippen LogP contribution in [0.2, 0.25) is 0 Å². The molecule has 0 spiro atoms. The SMILES string of the molecule is CCc1ccc(NC(=S)NCCCN2C[C@H](C)C[C@H](C)C2)cc1. The molecule has 128 valence electrons. The number of hydrogen-bond acceptors (Lipinski definition) is 2. The second-order valence-electron chi connectivity index (χ2n) is 6.99. The average Bonchev–Trinajstić information content (AvgIpc) is 2.51. The van der Waals surface area contributed by atoms with Crippen LogP contribution in [0.4, 0.5) is 5.69 Å². The van der Waals surface area contributed by atoms with Crippen LogP contribution >= 0.6 is 12.2 Å². The van der Waals surface area contributed by atoms with Gasteiger partial charge < -0.3 is 15.5 Å². The van der Waals surface area contributed by atoms with Crippen LogP contribution in [0, 0.1) is 11.8 Å². The van der Waals surface area contributed by atoms with E-state index in [-0.39, 0.29) is 0 Å². The molecule has 1 aromatic carbocycles. The average molecular weight is 334 g/mol. The molecule has 1 fully saturated rings. The van der Waals surface area contributed by atoms with Crippen LogP contribution in [-0.4, -0.2) is 36.2 Å². The first-order chi connectivity index (χ1) is 11.1. The Balaban J connectivity index is 1.62. The summed E-state index contributed by atoms with van der Waals surface area (Å²) in [6.45, 7) is 11.5. The van der Waals surface area contributed by atoms with E-state index in [0.29, 0.717) is 0 Å². The van der Waals surface area contributed by atoms with Crippen LogP contribution in [-0.2, 0) is 6.42 Å². The molecule has 1 aliphatic heterocycles. The lowest BCUT2D eigenvalue weighted by Crippen LogP contribution is -2.40. The van der Waals surface area contributed by atoms with Crippen LogP contribution in [0.3, 0.4) is 0 Å². The van der Waals surface area contributed by atoms with E-state index >= 15 is 0 Å². The van der Waals surface area contributed by atoms with E-state index in [1.165, 1.54) is 25.1 Å². The molecule has 0 unspecified atom stereocenters. The molecule has 2 rings (SSSR count). The molecule has 3 nitrogen and oxygen atoms in total. The fraction of sp³-hybridized carbons (Fsp3) is 0.632. The molecule has 2 N–H and O–H groups in total. The van der Waals surface area contributed by atoms with Gasteiger partial charge in [0.05, 0.1) is 0 Å². The van der Waals surface area contributed by atoms with Crippen molar-refractivity contribution in [1.82, 2.24) is 10.2 Å². The molecule has 0 bridgehead atoms. The number of nitrogens with zero attached hydrogens (tertiary/aromatic N) is 1. The highest BCUT2D eigenvalue weighted by Crippen LogP contribution is 2.20. The summed E-state index contributed by atoms with van der Waals surface area (Å²) in [7, 11) is 0. The van der Waals surface area contributed by atoms with Gasteiger partial charge in [-0.3, -0.25) is 0 Å². The highest BCUT2D eigenvalue weighted by atomic mass is 32.1. The zero-order valence-corrected chi connectivity index (χ0v) is 15.6. The van der Waals surface area contributed by atoms with E-state index in [9.17, 15) is 0 Å². The molecule has 0 saturated carbocycles. The Labute approximate surface area is 146 Å². The Morgan fingerprint density at radius 3 is 2.43 bits per heavy atom. The van der Waals surface area contributed by atoms with Gasteiger partial charge in [0.1, 0.15) is 0 Å². The van der Waals surface area contributed by atoms with Crippen molar-refractivity contribution in [2.24, 2.45) is 11.8 Å². The number of piperidine rings is 1. The van der Waals surface area contributed by atoms with Gasteiger partial charge in [0.2, 0.25) is 0 Å². The monoisotopic (exact) mass is 333 g/mol. The van der Waals surface area contributed by atoms with Crippen molar-refractivity contribution in [3.63, 3.8) is 0 Å². The molecule has 1 aliphatic rings. The van der Waals surface area contributed by atoms with E-state index in [4.69, 9.17) is 12.2 Å². The minimum Gasteiger partial charge on any atom is -0.362 e. The highest BCUT2D eigenvalue weighted by Gasteiger charge is 2.20. The number of rotatable bonds is 6. The van der Waals surface area contributed by atoms with E-state index in [1.807, 2.05) is 0 Å². The molecule has 0 amide bonds. The molecule has 0 radical (unpaired) electrons. The number of aryl methyl sites for hydroxylation is 1. The van der Waals surface area contributed by atoms with E-state index in [0.717, 1.165) is 48.6 Å². The van der Waals surface area contributed by atoms with Gasteiger partial charge in [-0.25, -0.2) is 0 Å². The van der Waals surface area contributed by atoms with Gasteiger partial charge in [-0.2, -0.15) is 0 Å². The van der Waals surface area contributed by atoms with E-state index < -0.39 is 0 Å². The third kappa shape index (κ3) is 6.48. The Bertz CT molecular complexity index is 476. The minimum absolute atomic E-state index is 0.717. The fourth-order valence-corrected chi connectivity index (χ4v) is 3.70. The Kier molecular flexibility index (Phi) is 7.31. The first-order valence-electron chi connectivity index (χ1n) is 8.93. The smallest absolute Gasteiger partial charge is 0.170 e. The number of nitrogens with one attached hydrogen (secondary N) is 2. The Morgan fingerprint density at radius 2 is 1.83 bits per heavy atom. The molecule has 0 aliphatic carbocycles. The van der Waals surface area contributed by atoms with Gasteiger partial charge in [0, 0.05) is 25.3 Å². The molecule has 23 heavy (non-hydrogen) atoms. The summed E-state index contributed by atoms with van der Waals surface area (Å²) in [5.74, 6) is 1.67. The van der Waals surface area contributed by atoms with Crippen molar-refractivity contribution < 1.29 is 0 Å². The highest BCUT2D eigenvalue weighted by molar-refractivity contribution is 7.80. The predicted octanol–water partition coefficient (Wildman–Crippen LogP) is 3.90. The molecule has 2 atom stereocenters. The summed E-state index contributed by atoms with van der Waals surface area (Å²) in [5.41, 5.74) is 2.40. The Morgan fingerprint density at radius 1 is 1.17 bits per heavy atom. The maximum atomic E-state index is 5.37. The van der Waals surface area contributed by atoms with Crippen LogP contribution in [0.25, 0.3) is 0 Å². The molecule has 4 heteroatoms. The Hall–Kier alpha value is -1.13. The van der Waals surface area contributed by atoms with Gasteiger partial charge in [-0.1, -0.05) is 32.9 Å². The fourth-order valence-electron chi connectivity index (χ4n) is 3.48. The lowest BCUT2D eigenvalue weighted by atomic mass is 9.92. The second kappa shape index (κ2) is 9.24. The summed E-state index contributed by atoms with van der Waals surface area (Å²) >= 11 is 5.37. The number of likely N-dealkylation sites (tertiary alicyclic amines) is 1. The first-order valence-corrected chi connectivity index (χ1v) is 9.33. The second-order valence-corrected chi connectivity index (χ2v) is 7.40. The van der Waals surface area contributed by atoms with Crippen LogP contribution in [0.1, 0.15) is 39.2 Å². The van der Waals surface area contributed by atoms with Gasteiger partial charge in [0.15, 0.2) is 5.11 Å². The van der Waals surface area contributed by atoms with Crippen LogP contribution in [0.5, 0.6) is 0 Å². The first kappa shape index (κ1) is 18.2. The van der Waals surface area contributed by atoms with Crippen molar-refractivity contribution in [2.75, 3.05) is 31.5 Å². The summed E-state index contributed by atoms with van der Waals surface area (Å²) < 4.78 is 0. The van der Waals surface area contributed by atoms with Crippen LogP contribution < -0.4 is 10.6 Å². The van der Waals surface area contributed by atoms with Crippen LogP contribution in [0.15, 0.2) is 24.3 Å². The molecule has 1 aromatic rings.